The summed E-state index contributed by atoms with van der Waals surface area (Å²) in [6, 6.07) is 8.06. The molecule has 0 saturated heterocycles. The van der Waals surface area contributed by atoms with Gasteiger partial charge in [-0.3, -0.25) is 11.3 Å². The molecule has 0 aromatic heterocycles. The van der Waals surface area contributed by atoms with Gasteiger partial charge in [0.1, 0.15) is 6.29 Å². The fourth-order valence-electron chi connectivity index (χ4n) is 1.96. The Balaban J connectivity index is 2.43. The topological polar surface area (TPSA) is 55.1 Å². The van der Waals surface area contributed by atoms with Crippen LogP contribution in [0.4, 0.5) is 0 Å². The van der Waals surface area contributed by atoms with Gasteiger partial charge in [-0.2, -0.15) is 0 Å². The number of benzene rings is 1. The van der Waals surface area contributed by atoms with E-state index < -0.39 is 0 Å². The van der Waals surface area contributed by atoms with E-state index in [9.17, 15) is 4.79 Å². The molecule has 1 aromatic rings. The maximum atomic E-state index is 10.8. The zero-order chi connectivity index (χ0) is 9.26. The van der Waals surface area contributed by atoms with Gasteiger partial charge < -0.3 is 4.79 Å². The highest BCUT2D eigenvalue weighted by atomic mass is 16.1. The quantitative estimate of drug-likeness (QED) is 0.399. The van der Waals surface area contributed by atoms with Gasteiger partial charge >= 0.3 is 0 Å². The number of carbonyl (C=O) groups excluding carboxylic acids is 1. The molecule has 2 rings (SSSR count). The van der Waals surface area contributed by atoms with Gasteiger partial charge in [-0.15, -0.1) is 0 Å². The van der Waals surface area contributed by atoms with Crippen LogP contribution >= 0.6 is 0 Å². The Morgan fingerprint density at radius 1 is 1.38 bits per heavy atom. The van der Waals surface area contributed by atoms with Crippen molar-refractivity contribution < 1.29 is 4.79 Å². The van der Waals surface area contributed by atoms with Crippen LogP contribution in [0.25, 0.3) is 0 Å². The number of hydrazine groups is 1. The first kappa shape index (κ1) is 8.41. The van der Waals surface area contributed by atoms with E-state index in [1.165, 1.54) is 0 Å². The van der Waals surface area contributed by atoms with Crippen molar-refractivity contribution in [3.05, 3.63) is 35.4 Å². The van der Waals surface area contributed by atoms with Gasteiger partial charge in [-0.25, -0.2) is 0 Å². The molecule has 68 valence electrons. The predicted molar refractivity (Wildman–Crippen MR) is 49.9 cm³/mol. The molecule has 0 aliphatic heterocycles. The van der Waals surface area contributed by atoms with Crippen LogP contribution in [0.3, 0.4) is 0 Å². The van der Waals surface area contributed by atoms with E-state index >= 15 is 0 Å². The molecule has 0 radical (unpaired) electrons. The van der Waals surface area contributed by atoms with Crippen LogP contribution in [0, 0.1) is 0 Å². The van der Waals surface area contributed by atoms with Crippen LogP contribution < -0.4 is 11.3 Å². The molecule has 1 unspecified atom stereocenters. The number of rotatable bonds is 2. The van der Waals surface area contributed by atoms with Gasteiger partial charge in [-0.05, 0) is 17.5 Å². The minimum absolute atomic E-state index is 0.0113. The van der Waals surface area contributed by atoms with Crippen LogP contribution in [0.5, 0.6) is 0 Å². The normalized spacial score (nSPS) is 25.6. The molecular formula is C10H12N2O. The van der Waals surface area contributed by atoms with E-state index in [0.717, 1.165) is 23.8 Å². The summed E-state index contributed by atoms with van der Waals surface area (Å²) in [6.07, 6.45) is 1.77. The van der Waals surface area contributed by atoms with Crippen molar-refractivity contribution in [2.75, 3.05) is 0 Å². The Morgan fingerprint density at radius 2 is 2.08 bits per heavy atom. The van der Waals surface area contributed by atoms with Crippen LogP contribution in [0.1, 0.15) is 29.5 Å². The summed E-state index contributed by atoms with van der Waals surface area (Å²) in [6.45, 7) is 0. The number of fused-ring (bicyclic) bond motifs is 1. The van der Waals surface area contributed by atoms with Gasteiger partial charge in [-0.1, -0.05) is 24.3 Å². The van der Waals surface area contributed by atoms with E-state index in [-0.39, 0.29) is 12.0 Å². The van der Waals surface area contributed by atoms with Crippen LogP contribution in [0.2, 0.25) is 0 Å². The number of carbonyl (C=O) groups is 1. The van der Waals surface area contributed by atoms with E-state index in [1.807, 2.05) is 24.3 Å². The Morgan fingerprint density at radius 3 is 2.69 bits per heavy atom. The van der Waals surface area contributed by atoms with Crippen molar-refractivity contribution in [3.63, 3.8) is 0 Å². The smallest absolute Gasteiger partial charge is 0.127 e. The third-order valence-corrected chi connectivity index (χ3v) is 2.63. The first-order valence-corrected chi connectivity index (χ1v) is 4.37. The van der Waals surface area contributed by atoms with Crippen molar-refractivity contribution in [1.82, 2.24) is 5.43 Å². The standard InChI is InChI=1S/C10H12N2O/c11-12-10-5-7(6-13)8-3-1-2-4-9(8)10/h1-4,6-7,10,12H,5,11H2/t7?,10-/m0/s1. The summed E-state index contributed by atoms with van der Waals surface area (Å²) in [7, 11) is 0. The fourth-order valence-corrected chi connectivity index (χ4v) is 1.96. The summed E-state index contributed by atoms with van der Waals surface area (Å²) in [5, 5.41) is 0. The second kappa shape index (κ2) is 3.28. The first-order chi connectivity index (χ1) is 6.36. The highest BCUT2D eigenvalue weighted by Crippen LogP contribution is 2.38. The van der Waals surface area contributed by atoms with E-state index in [4.69, 9.17) is 5.84 Å². The second-order valence-corrected chi connectivity index (χ2v) is 3.33. The lowest BCUT2D eigenvalue weighted by molar-refractivity contribution is -0.109. The molecule has 0 bridgehead atoms. The summed E-state index contributed by atoms with van der Waals surface area (Å²) >= 11 is 0. The summed E-state index contributed by atoms with van der Waals surface area (Å²) in [5.41, 5.74) is 4.99. The van der Waals surface area contributed by atoms with Crippen molar-refractivity contribution in [1.29, 1.82) is 0 Å². The molecule has 3 heteroatoms. The zero-order valence-corrected chi connectivity index (χ0v) is 7.23. The highest BCUT2D eigenvalue weighted by molar-refractivity contribution is 5.65. The highest BCUT2D eigenvalue weighted by Gasteiger charge is 2.29. The molecule has 0 fully saturated rings. The SMILES string of the molecule is NN[C@H]1CC(C=O)c2ccccc21. The van der Waals surface area contributed by atoms with E-state index in [0.29, 0.717) is 0 Å². The Hall–Kier alpha value is -1.19. The van der Waals surface area contributed by atoms with Crippen molar-refractivity contribution >= 4 is 6.29 Å². The Kier molecular flexibility index (Phi) is 2.12. The maximum absolute atomic E-state index is 10.8. The van der Waals surface area contributed by atoms with E-state index in [1.54, 1.807) is 0 Å². The maximum Gasteiger partial charge on any atom is 0.127 e. The molecule has 0 saturated carbocycles. The second-order valence-electron chi connectivity index (χ2n) is 3.33. The van der Waals surface area contributed by atoms with Crippen molar-refractivity contribution in [3.8, 4) is 0 Å². The molecule has 0 amide bonds. The summed E-state index contributed by atoms with van der Waals surface area (Å²) < 4.78 is 0. The molecule has 0 heterocycles. The number of hydrogen-bond donors (Lipinski definition) is 2. The zero-order valence-electron chi connectivity index (χ0n) is 7.23. The molecule has 3 nitrogen and oxygen atoms in total. The average molecular weight is 176 g/mol. The van der Waals surface area contributed by atoms with Crippen LogP contribution in [-0.4, -0.2) is 6.29 Å². The largest absolute Gasteiger partial charge is 0.303 e. The molecule has 2 atom stereocenters. The summed E-state index contributed by atoms with van der Waals surface area (Å²) in [4.78, 5) is 10.8. The van der Waals surface area contributed by atoms with Crippen LogP contribution in [0.15, 0.2) is 24.3 Å². The third kappa shape index (κ3) is 1.26. The Labute approximate surface area is 76.9 Å². The van der Waals surface area contributed by atoms with E-state index in [2.05, 4.69) is 5.43 Å². The van der Waals surface area contributed by atoms with Gasteiger partial charge in [0.15, 0.2) is 0 Å². The number of hydrogen-bond acceptors (Lipinski definition) is 3. The lowest BCUT2D eigenvalue weighted by atomic mass is 10.0. The summed E-state index contributed by atoms with van der Waals surface area (Å²) in [5.74, 6) is 5.41. The molecule has 13 heavy (non-hydrogen) atoms. The lowest BCUT2D eigenvalue weighted by Gasteiger charge is -2.08. The van der Waals surface area contributed by atoms with Gasteiger partial charge in [0.05, 0.1) is 0 Å². The molecule has 1 aromatic carbocycles. The Bertz CT molecular complexity index is 324. The number of nitrogens with two attached hydrogens (primary N) is 1. The first-order valence-electron chi connectivity index (χ1n) is 4.37. The minimum Gasteiger partial charge on any atom is -0.303 e. The molecular weight excluding hydrogens is 164 g/mol. The molecule has 3 N–H and O–H groups in total. The van der Waals surface area contributed by atoms with Crippen molar-refractivity contribution in [2.45, 2.75) is 18.4 Å². The van der Waals surface area contributed by atoms with Crippen molar-refractivity contribution in [2.24, 2.45) is 5.84 Å². The fraction of sp³-hybridized carbons (Fsp3) is 0.300. The minimum atomic E-state index is 0.0113. The van der Waals surface area contributed by atoms with Gasteiger partial charge in [0.2, 0.25) is 0 Å². The number of nitrogens with one attached hydrogen (secondary N) is 1. The van der Waals surface area contributed by atoms with Crippen LogP contribution in [-0.2, 0) is 4.79 Å². The molecule has 1 aliphatic carbocycles. The average Bonchev–Trinajstić information content (AvgIpc) is 2.56. The molecule has 1 aliphatic rings. The third-order valence-electron chi connectivity index (χ3n) is 2.63. The van der Waals surface area contributed by atoms with Gasteiger partial charge in [0, 0.05) is 12.0 Å². The predicted octanol–water partition coefficient (Wildman–Crippen LogP) is 0.877. The molecule has 0 spiro atoms. The monoisotopic (exact) mass is 176 g/mol. The lowest BCUT2D eigenvalue weighted by Crippen LogP contribution is -2.26. The van der Waals surface area contributed by atoms with Gasteiger partial charge in [0.25, 0.3) is 0 Å². The number of aldehydes is 1.